The molecule has 1 amide bonds. The lowest BCUT2D eigenvalue weighted by atomic mass is 9.92. The van der Waals surface area contributed by atoms with Crippen molar-refractivity contribution < 1.29 is 14.3 Å². The summed E-state index contributed by atoms with van der Waals surface area (Å²) in [5.74, 6) is 0.926. The maximum Gasteiger partial charge on any atom is 0.272 e. The molecule has 1 heterocycles. The summed E-state index contributed by atoms with van der Waals surface area (Å²) >= 11 is 5.68. The third kappa shape index (κ3) is 4.86. The number of halogens is 1. The van der Waals surface area contributed by atoms with Crippen molar-refractivity contribution in [3.8, 4) is 17.6 Å². The maximum atomic E-state index is 12.2. The Morgan fingerprint density at radius 2 is 2.00 bits per heavy atom. The van der Waals surface area contributed by atoms with E-state index in [4.69, 9.17) is 26.3 Å². The van der Waals surface area contributed by atoms with E-state index in [9.17, 15) is 4.79 Å². The third-order valence-electron chi connectivity index (χ3n) is 4.47. The van der Waals surface area contributed by atoms with Crippen molar-refractivity contribution in [2.45, 2.75) is 37.8 Å². The number of nitrogens with zero attached hydrogens (tertiary/aromatic N) is 3. The number of benzene rings is 1. The summed E-state index contributed by atoms with van der Waals surface area (Å²) in [5.41, 5.74) is 0.726. The zero-order valence-corrected chi connectivity index (χ0v) is 15.6. The van der Waals surface area contributed by atoms with Crippen LogP contribution in [0, 0.1) is 11.3 Å². The molecule has 1 saturated carbocycles. The fraction of sp³-hybridized carbons (Fsp3) is 0.368. The van der Waals surface area contributed by atoms with Crippen LogP contribution in [0.1, 0.15) is 41.7 Å². The van der Waals surface area contributed by atoms with Crippen molar-refractivity contribution in [2.24, 2.45) is 0 Å². The number of aromatic nitrogens is 2. The Morgan fingerprint density at radius 3 is 2.63 bits per heavy atom. The Balaban J connectivity index is 1.51. The van der Waals surface area contributed by atoms with Crippen molar-refractivity contribution >= 4 is 17.5 Å². The van der Waals surface area contributed by atoms with Crippen LogP contribution in [-0.4, -0.2) is 35.4 Å². The van der Waals surface area contributed by atoms with Gasteiger partial charge in [0.2, 0.25) is 0 Å². The molecule has 3 rings (SSSR count). The minimum absolute atomic E-state index is 0.0612. The maximum absolute atomic E-state index is 12.2. The van der Waals surface area contributed by atoms with E-state index in [1.54, 1.807) is 30.3 Å². The number of methoxy groups -OCH3 is 1. The van der Waals surface area contributed by atoms with Crippen LogP contribution >= 0.6 is 11.6 Å². The molecule has 27 heavy (non-hydrogen) atoms. The summed E-state index contributed by atoms with van der Waals surface area (Å²) in [7, 11) is 1.53. The van der Waals surface area contributed by atoms with E-state index in [1.165, 1.54) is 7.11 Å². The van der Waals surface area contributed by atoms with Crippen LogP contribution in [0.3, 0.4) is 0 Å². The van der Waals surface area contributed by atoms with Gasteiger partial charge in [0.25, 0.3) is 5.91 Å². The molecule has 1 fully saturated rings. The van der Waals surface area contributed by atoms with E-state index in [1.807, 2.05) is 0 Å². The van der Waals surface area contributed by atoms with Crippen LogP contribution < -0.4 is 14.8 Å². The highest BCUT2D eigenvalue weighted by Crippen LogP contribution is 2.28. The van der Waals surface area contributed by atoms with Gasteiger partial charge in [-0.25, -0.2) is 0 Å². The van der Waals surface area contributed by atoms with Crippen molar-refractivity contribution in [1.29, 1.82) is 5.26 Å². The number of nitrogens with one attached hydrogen (secondary N) is 1. The van der Waals surface area contributed by atoms with Gasteiger partial charge in [0.05, 0.1) is 18.8 Å². The second kappa shape index (κ2) is 8.69. The average Bonchev–Trinajstić information content (AvgIpc) is 2.69. The van der Waals surface area contributed by atoms with Crippen molar-refractivity contribution in [3.05, 3.63) is 46.7 Å². The lowest BCUT2D eigenvalue weighted by Gasteiger charge is -2.29. The van der Waals surface area contributed by atoms with Crippen LogP contribution in [0.5, 0.6) is 11.5 Å². The van der Waals surface area contributed by atoms with Gasteiger partial charge in [0.1, 0.15) is 17.6 Å². The minimum Gasteiger partial charge on any atom is -0.495 e. The molecular weight excluding hydrogens is 368 g/mol. The molecule has 1 aliphatic rings. The molecule has 1 aromatic carbocycles. The molecule has 1 N–H and O–H groups in total. The van der Waals surface area contributed by atoms with Crippen LogP contribution in [0.25, 0.3) is 0 Å². The first-order valence-corrected chi connectivity index (χ1v) is 9.01. The lowest BCUT2D eigenvalue weighted by Crippen LogP contribution is -2.40. The number of carbonyl (C=O) groups is 1. The molecule has 1 aliphatic carbocycles. The van der Waals surface area contributed by atoms with Crippen molar-refractivity contribution in [1.82, 2.24) is 15.5 Å². The van der Waals surface area contributed by atoms with E-state index in [2.05, 4.69) is 21.6 Å². The molecule has 0 unspecified atom stereocenters. The molecule has 0 aliphatic heterocycles. The molecule has 1 aromatic heterocycles. The zero-order chi connectivity index (χ0) is 19.2. The van der Waals surface area contributed by atoms with Crippen molar-refractivity contribution in [3.63, 3.8) is 0 Å². The van der Waals surface area contributed by atoms with Crippen molar-refractivity contribution in [2.75, 3.05) is 7.11 Å². The Hall–Kier alpha value is -2.85. The van der Waals surface area contributed by atoms with Crippen LogP contribution in [0.2, 0.25) is 5.15 Å². The van der Waals surface area contributed by atoms with E-state index in [0.29, 0.717) is 17.1 Å². The fourth-order valence-electron chi connectivity index (χ4n) is 3.05. The number of nitriles is 1. The third-order valence-corrected chi connectivity index (χ3v) is 4.67. The van der Waals surface area contributed by atoms with E-state index in [-0.39, 0.29) is 28.9 Å². The number of ether oxygens (including phenoxy) is 2. The predicted molar refractivity (Wildman–Crippen MR) is 98.9 cm³/mol. The van der Waals surface area contributed by atoms with Crippen LogP contribution in [0.15, 0.2) is 30.3 Å². The molecule has 0 bridgehead atoms. The molecule has 140 valence electrons. The Labute approximate surface area is 162 Å². The number of carbonyl (C=O) groups excluding carboxylic acids is 1. The first-order valence-electron chi connectivity index (χ1n) is 8.64. The zero-order valence-electron chi connectivity index (χ0n) is 14.8. The summed E-state index contributed by atoms with van der Waals surface area (Å²) < 4.78 is 11.2. The van der Waals surface area contributed by atoms with Gasteiger partial charge in [0, 0.05) is 12.1 Å². The summed E-state index contributed by atoms with van der Waals surface area (Å²) in [4.78, 5) is 12.2. The second-order valence-corrected chi connectivity index (χ2v) is 6.67. The number of hydrogen-bond donors (Lipinski definition) is 1. The van der Waals surface area contributed by atoms with E-state index in [0.717, 1.165) is 25.7 Å². The topological polar surface area (TPSA) is 97.1 Å². The smallest absolute Gasteiger partial charge is 0.272 e. The molecule has 2 aromatic rings. The number of rotatable bonds is 5. The van der Waals surface area contributed by atoms with E-state index < -0.39 is 0 Å². The highest BCUT2D eigenvalue weighted by atomic mass is 35.5. The van der Waals surface area contributed by atoms with Gasteiger partial charge in [-0.3, -0.25) is 4.79 Å². The Morgan fingerprint density at radius 1 is 1.22 bits per heavy atom. The number of amides is 1. The highest BCUT2D eigenvalue weighted by molar-refractivity contribution is 6.29. The minimum atomic E-state index is -0.250. The summed E-state index contributed by atoms with van der Waals surface area (Å²) in [6.07, 6.45) is 3.32. The summed E-state index contributed by atoms with van der Waals surface area (Å²) in [6, 6.07) is 10.4. The summed E-state index contributed by atoms with van der Waals surface area (Å²) in [6.45, 7) is 0. The Kier molecular flexibility index (Phi) is 6.09. The van der Waals surface area contributed by atoms with Gasteiger partial charge in [-0.15, -0.1) is 10.2 Å². The Bertz CT molecular complexity index is 843. The molecule has 0 spiro atoms. The fourth-order valence-corrected chi connectivity index (χ4v) is 3.15. The molecule has 0 radical (unpaired) electrons. The monoisotopic (exact) mass is 386 g/mol. The SMILES string of the molecule is COc1cc(OC2CCC(NC(=O)c3ccc(Cl)nn3)CC2)ccc1C#N. The lowest BCUT2D eigenvalue weighted by molar-refractivity contribution is 0.0888. The van der Waals surface area contributed by atoms with Gasteiger partial charge in [-0.2, -0.15) is 5.26 Å². The largest absolute Gasteiger partial charge is 0.495 e. The first kappa shape index (κ1) is 18.9. The standard InChI is InChI=1S/C19H19ClN4O3/c1-26-17-10-15(5-2-12(17)11-21)27-14-6-3-13(4-7-14)22-19(25)16-8-9-18(20)24-23-16/h2,5,8-10,13-14H,3-4,6-7H2,1H3,(H,22,25). The molecule has 0 saturated heterocycles. The molecule has 7 nitrogen and oxygen atoms in total. The van der Waals surface area contributed by atoms with Crippen LogP contribution in [0.4, 0.5) is 0 Å². The summed E-state index contributed by atoms with van der Waals surface area (Å²) in [5, 5.41) is 19.7. The predicted octanol–water partition coefficient (Wildman–Crippen LogP) is 3.13. The van der Waals surface area contributed by atoms with Crippen LogP contribution in [-0.2, 0) is 0 Å². The number of hydrogen-bond acceptors (Lipinski definition) is 6. The van der Waals surface area contributed by atoms with Gasteiger partial charge in [-0.1, -0.05) is 11.6 Å². The molecule has 8 heteroatoms. The van der Waals surface area contributed by atoms with Gasteiger partial charge in [0.15, 0.2) is 10.8 Å². The normalized spacial score (nSPS) is 19.0. The molecule has 0 atom stereocenters. The van der Waals surface area contributed by atoms with Gasteiger partial charge in [-0.05, 0) is 49.9 Å². The highest BCUT2D eigenvalue weighted by Gasteiger charge is 2.24. The average molecular weight is 387 g/mol. The first-order chi connectivity index (χ1) is 13.1. The molecular formula is C19H19ClN4O3. The van der Waals surface area contributed by atoms with Gasteiger partial charge >= 0.3 is 0 Å². The van der Waals surface area contributed by atoms with Gasteiger partial charge < -0.3 is 14.8 Å². The quantitative estimate of drug-likeness (QED) is 0.847. The van der Waals surface area contributed by atoms with E-state index >= 15 is 0 Å². The second-order valence-electron chi connectivity index (χ2n) is 6.28.